The molecule has 3 aliphatic carbocycles. The van der Waals surface area contributed by atoms with Crippen molar-refractivity contribution in [2.24, 2.45) is 17.6 Å². The fourth-order valence-corrected chi connectivity index (χ4v) is 6.32. The van der Waals surface area contributed by atoms with E-state index in [0.717, 1.165) is 6.07 Å². The number of rotatable bonds is 5. The van der Waals surface area contributed by atoms with Crippen molar-refractivity contribution < 1.29 is 48.7 Å². The average Bonchev–Trinajstić information content (AvgIpc) is 2.93. The van der Waals surface area contributed by atoms with Gasteiger partial charge in [0.25, 0.3) is 11.8 Å². The van der Waals surface area contributed by atoms with Gasteiger partial charge in [0.1, 0.15) is 28.7 Å². The summed E-state index contributed by atoms with van der Waals surface area (Å²) < 4.78 is 20.6. The molecule has 2 aromatic rings. The van der Waals surface area contributed by atoms with Crippen LogP contribution in [0.15, 0.2) is 47.2 Å². The molecule has 228 valence electrons. The summed E-state index contributed by atoms with van der Waals surface area (Å²) in [5, 5.41) is 47.3. The van der Waals surface area contributed by atoms with Gasteiger partial charge in [-0.3, -0.25) is 24.1 Å². The summed E-state index contributed by atoms with van der Waals surface area (Å²) in [4.78, 5) is 53.3. The maximum atomic E-state index is 15.5. The van der Waals surface area contributed by atoms with E-state index >= 15 is 4.39 Å². The minimum Gasteiger partial charge on any atom is -0.508 e. The van der Waals surface area contributed by atoms with Gasteiger partial charge in [0.15, 0.2) is 17.1 Å². The number of hydrogen-bond acceptors (Lipinski definition) is 10. The van der Waals surface area contributed by atoms with Crippen molar-refractivity contribution in [3.8, 4) is 11.5 Å². The fraction of sp³-hybridized carbons (Fsp3) is 0.310. The molecule has 12 nitrogen and oxygen atoms in total. The third-order valence-corrected chi connectivity index (χ3v) is 8.25. The number of amides is 2. The van der Waals surface area contributed by atoms with Crippen molar-refractivity contribution in [2.45, 2.75) is 24.5 Å². The number of ether oxygens (including phenoxy) is 1. The second kappa shape index (κ2) is 11.0. The number of phenols is 1. The Hall–Kier alpha value is -4.46. The topological polar surface area (TPSA) is 200 Å². The number of Topliss-reactive ketones (excluding diaryl/α,β-unsaturated/α-hetero) is 2. The molecule has 0 spiro atoms. The minimum absolute atomic E-state index is 0. The Labute approximate surface area is 250 Å². The SMILES string of the molecule is COc1cccc(C(=O)Nc2cc(F)c3c(c2O)C(O)=C2C(=O)[C@]4(O)C(O)=C(C(N)=O)C(=O)[C@@H](N(C)C)[C@@H]4C[C@@H]2C3)c1.Cl. The summed E-state index contributed by atoms with van der Waals surface area (Å²) in [6.07, 6.45) is -0.404. The van der Waals surface area contributed by atoms with Crippen LogP contribution in [0.1, 0.15) is 27.9 Å². The number of aliphatic hydroxyl groups excluding tert-OH is 2. The van der Waals surface area contributed by atoms with Gasteiger partial charge in [-0.15, -0.1) is 12.4 Å². The van der Waals surface area contributed by atoms with Gasteiger partial charge in [-0.1, -0.05) is 6.07 Å². The Kier molecular flexibility index (Phi) is 8.04. The molecule has 3 aliphatic rings. The molecule has 0 aromatic heterocycles. The minimum atomic E-state index is -2.82. The van der Waals surface area contributed by atoms with Crippen molar-refractivity contribution in [3.63, 3.8) is 0 Å². The number of hydrogen-bond donors (Lipinski definition) is 6. The van der Waals surface area contributed by atoms with E-state index in [1.54, 1.807) is 12.1 Å². The number of benzene rings is 2. The number of carbonyl (C=O) groups excluding carboxylic acids is 4. The van der Waals surface area contributed by atoms with Gasteiger partial charge in [0, 0.05) is 28.7 Å². The van der Waals surface area contributed by atoms with E-state index < -0.39 is 92.3 Å². The van der Waals surface area contributed by atoms with E-state index in [4.69, 9.17) is 10.5 Å². The van der Waals surface area contributed by atoms with Crippen molar-refractivity contribution >= 4 is 47.2 Å². The first-order valence-electron chi connectivity index (χ1n) is 12.9. The summed E-state index contributed by atoms with van der Waals surface area (Å²) in [6.45, 7) is 0. The molecular weight excluding hydrogens is 589 g/mol. The van der Waals surface area contributed by atoms with Gasteiger partial charge >= 0.3 is 0 Å². The third kappa shape index (κ3) is 4.60. The van der Waals surface area contributed by atoms with Gasteiger partial charge in [-0.05, 0) is 51.1 Å². The quantitative estimate of drug-likeness (QED) is 0.212. The number of primary amides is 1. The molecule has 0 saturated heterocycles. The van der Waals surface area contributed by atoms with Crippen LogP contribution in [0, 0.1) is 17.7 Å². The molecule has 1 saturated carbocycles. The molecule has 5 rings (SSSR count). The lowest BCUT2D eigenvalue weighted by atomic mass is 9.57. The molecule has 0 unspecified atom stereocenters. The largest absolute Gasteiger partial charge is 0.508 e. The number of nitrogens with one attached hydrogen (secondary N) is 1. The molecule has 1 fully saturated rings. The van der Waals surface area contributed by atoms with Gasteiger partial charge in [-0.2, -0.15) is 0 Å². The lowest BCUT2D eigenvalue weighted by molar-refractivity contribution is -0.153. The summed E-state index contributed by atoms with van der Waals surface area (Å²) in [5.41, 5.74) is 0.205. The van der Waals surface area contributed by atoms with Crippen LogP contribution in [0.25, 0.3) is 5.76 Å². The average molecular weight is 618 g/mol. The van der Waals surface area contributed by atoms with Crippen LogP contribution in [-0.2, 0) is 20.8 Å². The second-order valence-corrected chi connectivity index (χ2v) is 10.8. The van der Waals surface area contributed by atoms with E-state index in [1.807, 2.05) is 0 Å². The Bertz CT molecular complexity index is 1650. The molecule has 0 radical (unpaired) electrons. The molecular formula is C29H29ClFN3O9. The van der Waals surface area contributed by atoms with Gasteiger partial charge in [0.2, 0.25) is 5.78 Å². The number of nitrogens with zero attached hydrogens (tertiary/aromatic N) is 1. The molecule has 4 atom stereocenters. The van der Waals surface area contributed by atoms with Gasteiger partial charge < -0.3 is 36.2 Å². The van der Waals surface area contributed by atoms with Crippen LogP contribution in [-0.4, -0.2) is 81.6 Å². The third-order valence-electron chi connectivity index (χ3n) is 8.25. The highest BCUT2D eigenvalue weighted by Gasteiger charge is 2.64. The standard InChI is InChI=1S/C29H28FN3O9.ClH/c1-33(2)21-15-9-12-8-14-16(30)10-17(32-28(40)11-5-4-6-13(7-11)42-3)22(34)19(14)23(35)18(12)25(37)29(15,41)26(38)20(24(21)36)27(31)39;/h4-7,10,12,15,21,34-35,38,41H,8-9H2,1-3H3,(H2,31,39)(H,32,40);1H/t12-,15-,21-,29-;/m0./s1. The zero-order chi connectivity index (χ0) is 30.8. The molecule has 43 heavy (non-hydrogen) atoms. The lowest BCUT2D eigenvalue weighted by Gasteiger charge is -2.50. The molecule has 0 heterocycles. The van der Waals surface area contributed by atoms with Crippen molar-refractivity contribution in [2.75, 3.05) is 26.5 Å². The van der Waals surface area contributed by atoms with Crippen molar-refractivity contribution in [3.05, 3.63) is 69.7 Å². The van der Waals surface area contributed by atoms with E-state index in [1.165, 1.54) is 38.2 Å². The van der Waals surface area contributed by atoms with Crippen LogP contribution in [0.4, 0.5) is 10.1 Å². The second-order valence-electron chi connectivity index (χ2n) is 10.8. The number of halogens is 2. The van der Waals surface area contributed by atoms with E-state index in [9.17, 15) is 39.6 Å². The smallest absolute Gasteiger partial charge is 0.255 e. The Morgan fingerprint density at radius 2 is 1.84 bits per heavy atom. The van der Waals surface area contributed by atoms with Crippen LogP contribution < -0.4 is 15.8 Å². The number of anilines is 1. The predicted molar refractivity (Wildman–Crippen MR) is 152 cm³/mol. The Morgan fingerprint density at radius 1 is 1.16 bits per heavy atom. The van der Waals surface area contributed by atoms with Crippen LogP contribution in [0.5, 0.6) is 11.5 Å². The summed E-state index contributed by atoms with van der Waals surface area (Å²) in [7, 11) is 4.37. The number of likely N-dealkylation sites (N-methyl/N-ethyl adjacent to an activating group) is 1. The number of aliphatic hydroxyl groups is 3. The van der Waals surface area contributed by atoms with Crippen molar-refractivity contribution in [1.82, 2.24) is 4.90 Å². The molecule has 7 N–H and O–H groups in total. The number of nitrogens with two attached hydrogens (primary N) is 1. The number of methoxy groups -OCH3 is 1. The van der Waals surface area contributed by atoms with E-state index in [-0.39, 0.29) is 36.4 Å². The first-order chi connectivity index (χ1) is 19.7. The number of ketones is 2. The normalized spacial score (nSPS) is 24.6. The fourth-order valence-electron chi connectivity index (χ4n) is 6.32. The zero-order valence-electron chi connectivity index (χ0n) is 23.2. The highest BCUT2D eigenvalue weighted by atomic mass is 35.5. The summed E-state index contributed by atoms with van der Waals surface area (Å²) in [5.74, 6) is -9.78. The molecule has 0 bridgehead atoms. The Balaban J connectivity index is 0.00000423. The summed E-state index contributed by atoms with van der Waals surface area (Å²) in [6, 6.07) is 5.66. The van der Waals surface area contributed by atoms with Crippen LogP contribution in [0.3, 0.4) is 0 Å². The maximum absolute atomic E-state index is 15.5. The summed E-state index contributed by atoms with van der Waals surface area (Å²) >= 11 is 0. The first kappa shape index (κ1) is 31.5. The Morgan fingerprint density at radius 3 is 2.44 bits per heavy atom. The molecule has 2 amide bonds. The molecule has 14 heteroatoms. The lowest BCUT2D eigenvalue weighted by Crippen LogP contribution is -2.65. The number of carbonyl (C=O) groups is 4. The van der Waals surface area contributed by atoms with Gasteiger partial charge in [0.05, 0.1) is 24.4 Å². The highest BCUT2D eigenvalue weighted by molar-refractivity contribution is 6.24. The number of phenolic OH excluding ortho intramolecular Hbond substituents is 1. The van der Waals surface area contributed by atoms with Crippen molar-refractivity contribution in [1.29, 1.82) is 0 Å². The number of fused-ring (bicyclic) bond motifs is 3. The predicted octanol–water partition coefficient (Wildman–Crippen LogP) is 1.79. The maximum Gasteiger partial charge on any atom is 0.255 e. The first-order valence-corrected chi connectivity index (χ1v) is 12.9. The van der Waals surface area contributed by atoms with Crippen LogP contribution >= 0.6 is 12.4 Å². The molecule has 0 aliphatic heterocycles. The molecule has 2 aromatic carbocycles. The van der Waals surface area contributed by atoms with Crippen LogP contribution in [0.2, 0.25) is 0 Å². The van der Waals surface area contributed by atoms with E-state index in [0.29, 0.717) is 5.75 Å². The zero-order valence-corrected chi connectivity index (χ0v) is 24.0. The highest BCUT2D eigenvalue weighted by Crippen LogP contribution is 2.53. The monoisotopic (exact) mass is 617 g/mol. The number of aromatic hydroxyl groups is 1. The van der Waals surface area contributed by atoms with E-state index in [2.05, 4.69) is 5.32 Å². The van der Waals surface area contributed by atoms with Gasteiger partial charge in [-0.25, -0.2) is 4.39 Å².